The Morgan fingerprint density at radius 2 is 1.87 bits per heavy atom. The predicted molar refractivity (Wildman–Crippen MR) is 88.8 cm³/mol. The van der Waals surface area contributed by atoms with E-state index in [4.69, 9.17) is 4.74 Å². The van der Waals surface area contributed by atoms with E-state index in [9.17, 15) is 14.4 Å². The monoisotopic (exact) mass is 338 g/mol. The molecule has 0 radical (unpaired) electrons. The standard InChI is InChI=1S/C16H22N2O4S/c1-9(2)8-17-13(19)14(20)18-15-12(16(21)22-3)10-6-4-5-7-11(10)23-15/h9H,4-8H2,1-3H3,(H,17,19)(H,18,20). The molecule has 0 saturated heterocycles. The lowest BCUT2D eigenvalue weighted by Gasteiger charge is -2.11. The summed E-state index contributed by atoms with van der Waals surface area (Å²) in [6.45, 7) is 4.32. The van der Waals surface area contributed by atoms with E-state index in [-0.39, 0.29) is 5.92 Å². The zero-order valence-corrected chi connectivity index (χ0v) is 14.5. The molecule has 0 saturated carbocycles. The van der Waals surface area contributed by atoms with E-state index in [2.05, 4.69) is 10.6 Å². The molecule has 2 N–H and O–H groups in total. The van der Waals surface area contributed by atoms with Crippen LogP contribution in [0.1, 0.15) is 47.5 Å². The van der Waals surface area contributed by atoms with Crippen LogP contribution < -0.4 is 10.6 Å². The molecule has 0 aliphatic heterocycles. The normalized spacial score (nSPS) is 13.4. The first-order chi connectivity index (χ1) is 10.9. The van der Waals surface area contributed by atoms with Crippen molar-refractivity contribution in [3.05, 3.63) is 16.0 Å². The second-order valence-corrected chi connectivity index (χ2v) is 7.07. The average molecular weight is 338 g/mol. The zero-order valence-electron chi connectivity index (χ0n) is 13.7. The number of amides is 2. The van der Waals surface area contributed by atoms with E-state index in [1.807, 2.05) is 13.8 Å². The number of hydrogen-bond acceptors (Lipinski definition) is 5. The molecule has 0 spiro atoms. The van der Waals surface area contributed by atoms with Gasteiger partial charge in [-0.3, -0.25) is 9.59 Å². The fourth-order valence-corrected chi connectivity index (χ4v) is 3.78. The number of esters is 1. The van der Waals surface area contributed by atoms with Crippen LogP contribution in [0.5, 0.6) is 0 Å². The summed E-state index contributed by atoms with van der Waals surface area (Å²) in [7, 11) is 1.32. The van der Waals surface area contributed by atoms with Crippen LogP contribution in [0.25, 0.3) is 0 Å². The van der Waals surface area contributed by atoms with E-state index >= 15 is 0 Å². The summed E-state index contributed by atoms with van der Waals surface area (Å²) in [6, 6.07) is 0. The van der Waals surface area contributed by atoms with E-state index < -0.39 is 17.8 Å². The number of carbonyl (C=O) groups excluding carboxylic acids is 3. The maximum absolute atomic E-state index is 12.1. The molecule has 23 heavy (non-hydrogen) atoms. The van der Waals surface area contributed by atoms with Crippen LogP contribution in [0.2, 0.25) is 0 Å². The minimum Gasteiger partial charge on any atom is -0.465 e. The van der Waals surface area contributed by atoms with Gasteiger partial charge in [-0.2, -0.15) is 0 Å². The third kappa shape index (κ3) is 4.10. The second-order valence-electron chi connectivity index (χ2n) is 5.96. The van der Waals surface area contributed by atoms with Crippen molar-refractivity contribution in [1.82, 2.24) is 5.32 Å². The molecule has 1 aliphatic rings. The van der Waals surface area contributed by atoms with Gasteiger partial charge in [0.25, 0.3) is 0 Å². The number of aryl methyl sites for hydroxylation is 1. The minimum atomic E-state index is -0.755. The van der Waals surface area contributed by atoms with Gasteiger partial charge in [0.2, 0.25) is 0 Å². The average Bonchev–Trinajstić information content (AvgIpc) is 2.89. The summed E-state index contributed by atoms with van der Waals surface area (Å²) >= 11 is 1.36. The molecular formula is C16H22N2O4S. The van der Waals surface area contributed by atoms with Crippen molar-refractivity contribution in [3.8, 4) is 0 Å². The second kappa shape index (κ2) is 7.59. The van der Waals surface area contributed by atoms with Crippen LogP contribution in [0.15, 0.2) is 0 Å². The molecule has 6 nitrogen and oxygen atoms in total. The van der Waals surface area contributed by atoms with E-state index in [0.717, 1.165) is 36.1 Å². The number of nitrogens with one attached hydrogen (secondary N) is 2. The highest BCUT2D eigenvalue weighted by atomic mass is 32.1. The van der Waals surface area contributed by atoms with Crippen LogP contribution >= 0.6 is 11.3 Å². The summed E-state index contributed by atoms with van der Waals surface area (Å²) in [6.07, 6.45) is 3.76. The largest absolute Gasteiger partial charge is 0.465 e. The smallest absolute Gasteiger partial charge is 0.341 e. The highest BCUT2D eigenvalue weighted by Crippen LogP contribution is 2.38. The van der Waals surface area contributed by atoms with Gasteiger partial charge in [0.1, 0.15) is 5.00 Å². The minimum absolute atomic E-state index is 0.256. The molecule has 1 aliphatic carbocycles. The first-order valence-corrected chi connectivity index (χ1v) is 8.57. The molecule has 0 fully saturated rings. The van der Waals surface area contributed by atoms with Crippen LogP contribution in [0.4, 0.5) is 5.00 Å². The number of methoxy groups -OCH3 is 1. The molecule has 2 amide bonds. The molecule has 0 aromatic carbocycles. The summed E-state index contributed by atoms with van der Waals surface area (Å²) in [5.74, 6) is -1.66. The molecular weight excluding hydrogens is 316 g/mol. The molecule has 0 unspecified atom stereocenters. The van der Waals surface area contributed by atoms with E-state index in [1.54, 1.807) is 0 Å². The van der Waals surface area contributed by atoms with Crippen LogP contribution in [-0.4, -0.2) is 31.4 Å². The summed E-state index contributed by atoms with van der Waals surface area (Å²) in [4.78, 5) is 37.0. The van der Waals surface area contributed by atoms with Crippen LogP contribution in [-0.2, 0) is 27.2 Å². The van der Waals surface area contributed by atoms with Crippen molar-refractivity contribution in [2.24, 2.45) is 5.92 Å². The molecule has 2 rings (SSSR count). The Labute approximate surface area is 139 Å². The fraction of sp³-hybridized carbons (Fsp3) is 0.562. The van der Waals surface area contributed by atoms with Gasteiger partial charge in [0.15, 0.2) is 0 Å². The Kier molecular flexibility index (Phi) is 5.76. The van der Waals surface area contributed by atoms with E-state index in [0.29, 0.717) is 17.1 Å². The Morgan fingerprint density at radius 3 is 2.52 bits per heavy atom. The highest BCUT2D eigenvalue weighted by molar-refractivity contribution is 7.17. The SMILES string of the molecule is COC(=O)c1c(NC(=O)C(=O)NCC(C)C)sc2c1CCCC2. The summed E-state index contributed by atoms with van der Waals surface area (Å²) in [5.41, 5.74) is 1.35. The molecule has 1 aromatic heterocycles. The lowest BCUT2D eigenvalue weighted by atomic mass is 9.95. The van der Waals surface area contributed by atoms with Crippen molar-refractivity contribution < 1.29 is 19.1 Å². The molecule has 126 valence electrons. The first kappa shape index (κ1) is 17.5. The Hall–Kier alpha value is -1.89. The zero-order chi connectivity index (χ0) is 17.0. The van der Waals surface area contributed by atoms with Gasteiger partial charge in [0, 0.05) is 11.4 Å². The van der Waals surface area contributed by atoms with Gasteiger partial charge >= 0.3 is 17.8 Å². The number of anilines is 1. The van der Waals surface area contributed by atoms with E-state index in [1.165, 1.54) is 18.4 Å². The summed E-state index contributed by atoms with van der Waals surface area (Å²) < 4.78 is 4.84. The quantitative estimate of drug-likeness (QED) is 0.650. The summed E-state index contributed by atoms with van der Waals surface area (Å²) in [5, 5.41) is 5.55. The molecule has 1 aromatic rings. The number of ether oxygens (including phenoxy) is 1. The first-order valence-electron chi connectivity index (χ1n) is 7.76. The number of rotatable bonds is 4. The topological polar surface area (TPSA) is 84.5 Å². The fourth-order valence-electron chi connectivity index (χ4n) is 2.51. The molecule has 0 bridgehead atoms. The number of fused-ring (bicyclic) bond motifs is 1. The van der Waals surface area contributed by atoms with Gasteiger partial charge in [-0.05, 0) is 37.2 Å². The number of hydrogen-bond donors (Lipinski definition) is 2. The van der Waals surface area contributed by atoms with Gasteiger partial charge in [-0.25, -0.2) is 4.79 Å². The predicted octanol–water partition coefficient (Wildman–Crippen LogP) is 2.12. The maximum Gasteiger partial charge on any atom is 0.341 e. The van der Waals surface area contributed by atoms with Crippen molar-refractivity contribution in [2.75, 3.05) is 19.0 Å². The molecule has 7 heteroatoms. The third-order valence-corrected chi connectivity index (χ3v) is 4.87. The van der Waals surface area contributed by atoms with Gasteiger partial charge in [0.05, 0.1) is 12.7 Å². The highest BCUT2D eigenvalue weighted by Gasteiger charge is 2.28. The van der Waals surface area contributed by atoms with Crippen molar-refractivity contribution in [3.63, 3.8) is 0 Å². The third-order valence-electron chi connectivity index (χ3n) is 3.66. The van der Waals surface area contributed by atoms with Crippen molar-refractivity contribution >= 4 is 34.1 Å². The van der Waals surface area contributed by atoms with Gasteiger partial charge < -0.3 is 15.4 Å². The molecule has 1 heterocycles. The Balaban J connectivity index is 2.19. The maximum atomic E-state index is 12.1. The van der Waals surface area contributed by atoms with Gasteiger partial charge in [-0.15, -0.1) is 11.3 Å². The van der Waals surface area contributed by atoms with Gasteiger partial charge in [-0.1, -0.05) is 13.8 Å². The lowest BCUT2D eigenvalue weighted by molar-refractivity contribution is -0.136. The van der Waals surface area contributed by atoms with Crippen molar-refractivity contribution in [1.29, 1.82) is 0 Å². The number of carbonyl (C=O) groups is 3. The van der Waals surface area contributed by atoms with Crippen LogP contribution in [0, 0.1) is 5.92 Å². The lowest BCUT2D eigenvalue weighted by Crippen LogP contribution is -2.37. The Bertz CT molecular complexity index is 622. The molecule has 0 atom stereocenters. The Morgan fingerprint density at radius 1 is 1.17 bits per heavy atom. The number of thiophene rings is 1. The van der Waals surface area contributed by atoms with Crippen molar-refractivity contribution in [2.45, 2.75) is 39.5 Å². The van der Waals surface area contributed by atoms with Crippen LogP contribution in [0.3, 0.4) is 0 Å².